The van der Waals surface area contributed by atoms with E-state index in [0.717, 1.165) is 18.7 Å². The number of benzene rings is 1. The van der Waals surface area contributed by atoms with Gasteiger partial charge in [-0.25, -0.2) is 8.42 Å². The summed E-state index contributed by atoms with van der Waals surface area (Å²) in [7, 11) is -1.41. The van der Waals surface area contributed by atoms with E-state index in [1.165, 1.54) is 17.9 Å². The zero-order valence-corrected chi connectivity index (χ0v) is 13.0. The Balaban J connectivity index is 2.18. The second kappa shape index (κ2) is 6.13. The van der Waals surface area contributed by atoms with Crippen LogP contribution < -0.4 is 10.6 Å². The molecule has 1 aromatic heterocycles. The highest BCUT2D eigenvalue weighted by molar-refractivity contribution is 7.90. The fourth-order valence-electron chi connectivity index (χ4n) is 2.16. The maximum Gasteiger partial charge on any atom is 0.177 e. The Morgan fingerprint density at radius 1 is 1.19 bits per heavy atom. The molecule has 0 radical (unpaired) electrons. The first-order chi connectivity index (χ1) is 9.89. The zero-order valence-electron chi connectivity index (χ0n) is 12.2. The summed E-state index contributed by atoms with van der Waals surface area (Å²) in [6.07, 6.45) is 5.52. The summed E-state index contributed by atoms with van der Waals surface area (Å²) in [4.78, 5) is 6.12. The maximum absolute atomic E-state index is 11.7. The lowest BCUT2D eigenvalue weighted by Gasteiger charge is -2.22. The molecule has 2 N–H and O–H groups in total. The van der Waals surface area contributed by atoms with Crippen LogP contribution in [0.1, 0.15) is 5.56 Å². The number of nitrogen functional groups attached to an aromatic ring is 1. The maximum atomic E-state index is 11.7. The summed E-state index contributed by atoms with van der Waals surface area (Å²) in [5.74, 6) is 0. The number of anilines is 2. The van der Waals surface area contributed by atoms with Gasteiger partial charge in [0, 0.05) is 32.2 Å². The average Bonchev–Trinajstić information content (AvgIpc) is 2.45. The van der Waals surface area contributed by atoms with Gasteiger partial charge in [-0.2, -0.15) is 0 Å². The van der Waals surface area contributed by atoms with Crippen LogP contribution in [-0.4, -0.2) is 33.2 Å². The van der Waals surface area contributed by atoms with Gasteiger partial charge >= 0.3 is 0 Å². The van der Waals surface area contributed by atoms with Crippen molar-refractivity contribution in [3.8, 4) is 0 Å². The lowest BCUT2D eigenvalue weighted by molar-refractivity contribution is 0.602. The van der Waals surface area contributed by atoms with Gasteiger partial charge in [0.15, 0.2) is 9.84 Å². The minimum absolute atomic E-state index is 0.177. The Kier molecular flexibility index (Phi) is 4.47. The van der Waals surface area contributed by atoms with Crippen molar-refractivity contribution in [1.29, 1.82) is 0 Å². The molecule has 5 nitrogen and oxygen atoms in total. The van der Waals surface area contributed by atoms with E-state index in [4.69, 9.17) is 5.73 Å². The molecule has 0 aliphatic carbocycles. The number of para-hydroxylation sites is 1. The number of aromatic nitrogens is 1. The highest BCUT2D eigenvalue weighted by Gasteiger charge is 2.16. The van der Waals surface area contributed by atoms with Crippen molar-refractivity contribution in [1.82, 2.24) is 4.98 Å². The van der Waals surface area contributed by atoms with Gasteiger partial charge in [0.05, 0.1) is 16.3 Å². The van der Waals surface area contributed by atoms with Crippen LogP contribution in [0.15, 0.2) is 47.6 Å². The van der Waals surface area contributed by atoms with Gasteiger partial charge in [-0.15, -0.1) is 0 Å². The molecule has 112 valence electrons. The van der Waals surface area contributed by atoms with E-state index in [-0.39, 0.29) is 4.90 Å². The minimum atomic E-state index is -3.32. The number of nitrogens with zero attached hydrogens (tertiary/aromatic N) is 2. The first-order valence-electron chi connectivity index (χ1n) is 6.58. The number of sulfone groups is 1. The summed E-state index contributed by atoms with van der Waals surface area (Å²) in [6, 6.07) is 9.00. The summed E-state index contributed by atoms with van der Waals surface area (Å²) < 4.78 is 23.4. The number of nitrogens with two attached hydrogens (primary N) is 1. The quantitative estimate of drug-likeness (QED) is 0.852. The van der Waals surface area contributed by atoms with E-state index in [2.05, 4.69) is 4.98 Å². The second-order valence-corrected chi connectivity index (χ2v) is 6.97. The molecule has 0 amide bonds. The molecule has 1 aromatic carbocycles. The average molecular weight is 305 g/mol. The Morgan fingerprint density at radius 3 is 2.48 bits per heavy atom. The fourth-order valence-corrected chi connectivity index (χ4v) is 2.99. The number of pyridine rings is 1. The Morgan fingerprint density at radius 2 is 1.86 bits per heavy atom. The SMILES string of the molecule is CN(CCc1ccncc1)c1cccc(S(C)(=O)=O)c1N. The van der Waals surface area contributed by atoms with Crippen LogP contribution in [-0.2, 0) is 16.3 Å². The molecular formula is C15H19N3O2S. The molecule has 1 heterocycles. The summed E-state index contributed by atoms with van der Waals surface area (Å²) in [5.41, 5.74) is 8.22. The molecule has 21 heavy (non-hydrogen) atoms. The van der Waals surface area contributed by atoms with Crippen molar-refractivity contribution < 1.29 is 8.42 Å². The van der Waals surface area contributed by atoms with Gasteiger partial charge in [0.1, 0.15) is 0 Å². The highest BCUT2D eigenvalue weighted by Crippen LogP contribution is 2.29. The van der Waals surface area contributed by atoms with Crippen LogP contribution in [0.4, 0.5) is 11.4 Å². The standard InChI is InChI=1S/C15H19N3O2S/c1-18(11-8-12-6-9-17-10-7-12)13-4-3-5-14(15(13)16)21(2,19)20/h3-7,9-10H,8,11,16H2,1-2H3. The third-order valence-electron chi connectivity index (χ3n) is 3.34. The number of rotatable bonds is 5. The number of likely N-dealkylation sites (N-methyl/N-ethyl adjacent to an activating group) is 1. The molecule has 0 fully saturated rings. The molecule has 2 aromatic rings. The van der Waals surface area contributed by atoms with E-state index >= 15 is 0 Å². The molecule has 0 saturated heterocycles. The minimum Gasteiger partial charge on any atom is -0.396 e. The fraction of sp³-hybridized carbons (Fsp3) is 0.267. The van der Waals surface area contributed by atoms with Gasteiger partial charge in [-0.3, -0.25) is 4.98 Å². The zero-order chi connectivity index (χ0) is 15.5. The molecule has 0 aliphatic heterocycles. The van der Waals surface area contributed by atoms with Crippen molar-refractivity contribution >= 4 is 21.2 Å². The van der Waals surface area contributed by atoms with E-state index in [1.807, 2.05) is 30.1 Å². The Bertz CT molecular complexity index is 715. The van der Waals surface area contributed by atoms with Gasteiger partial charge in [-0.05, 0) is 36.2 Å². The van der Waals surface area contributed by atoms with Crippen LogP contribution >= 0.6 is 0 Å². The first-order valence-corrected chi connectivity index (χ1v) is 8.47. The van der Waals surface area contributed by atoms with Crippen molar-refractivity contribution in [2.75, 3.05) is 30.5 Å². The molecule has 0 bridgehead atoms. The first kappa shape index (κ1) is 15.3. The summed E-state index contributed by atoms with van der Waals surface area (Å²) in [6.45, 7) is 0.738. The molecule has 6 heteroatoms. The summed E-state index contributed by atoms with van der Waals surface area (Å²) >= 11 is 0. The van der Waals surface area contributed by atoms with Crippen LogP contribution in [0.2, 0.25) is 0 Å². The molecule has 0 saturated carbocycles. The van der Waals surface area contributed by atoms with Crippen LogP contribution in [0.3, 0.4) is 0 Å². The van der Waals surface area contributed by atoms with Crippen molar-refractivity contribution in [2.45, 2.75) is 11.3 Å². The Hall–Kier alpha value is -2.08. The molecule has 0 aliphatic rings. The van der Waals surface area contributed by atoms with E-state index < -0.39 is 9.84 Å². The predicted molar refractivity (Wildman–Crippen MR) is 85.2 cm³/mol. The predicted octanol–water partition coefficient (Wildman–Crippen LogP) is 1.75. The van der Waals surface area contributed by atoms with E-state index in [9.17, 15) is 8.42 Å². The monoisotopic (exact) mass is 305 g/mol. The second-order valence-electron chi connectivity index (χ2n) is 4.99. The van der Waals surface area contributed by atoms with E-state index in [1.54, 1.807) is 18.5 Å². The molecule has 0 atom stereocenters. The highest BCUT2D eigenvalue weighted by atomic mass is 32.2. The van der Waals surface area contributed by atoms with Gasteiger partial charge in [-0.1, -0.05) is 6.07 Å². The number of hydrogen-bond acceptors (Lipinski definition) is 5. The van der Waals surface area contributed by atoms with Gasteiger partial charge < -0.3 is 10.6 Å². The summed E-state index contributed by atoms with van der Waals surface area (Å²) in [5, 5.41) is 0. The normalized spacial score (nSPS) is 11.3. The van der Waals surface area contributed by atoms with Crippen molar-refractivity contribution in [2.24, 2.45) is 0 Å². The van der Waals surface area contributed by atoms with Crippen LogP contribution in [0.5, 0.6) is 0 Å². The lowest BCUT2D eigenvalue weighted by atomic mass is 10.2. The molecule has 0 spiro atoms. The van der Waals surface area contributed by atoms with Gasteiger partial charge in [0.25, 0.3) is 0 Å². The lowest BCUT2D eigenvalue weighted by Crippen LogP contribution is -2.22. The molecular weight excluding hydrogens is 286 g/mol. The number of hydrogen-bond donors (Lipinski definition) is 1. The topological polar surface area (TPSA) is 76.3 Å². The van der Waals surface area contributed by atoms with Gasteiger partial charge in [0.2, 0.25) is 0 Å². The van der Waals surface area contributed by atoms with Crippen LogP contribution in [0, 0.1) is 0 Å². The largest absolute Gasteiger partial charge is 0.396 e. The third kappa shape index (κ3) is 3.72. The molecule has 0 unspecified atom stereocenters. The van der Waals surface area contributed by atoms with Crippen molar-refractivity contribution in [3.63, 3.8) is 0 Å². The van der Waals surface area contributed by atoms with E-state index in [0.29, 0.717) is 5.69 Å². The third-order valence-corrected chi connectivity index (χ3v) is 4.49. The van der Waals surface area contributed by atoms with Crippen molar-refractivity contribution in [3.05, 3.63) is 48.3 Å². The molecule has 2 rings (SSSR count). The smallest absolute Gasteiger partial charge is 0.177 e. The Labute approximate surface area is 125 Å². The van der Waals surface area contributed by atoms with Crippen LogP contribution in [0.25, 0.3) is 0 Å².